The van der Waals surface area contributed by atoms with Crippen molar-refractivity contribution in [1.82, 2.24) is 5.43 Å². The quantitative estimate of drug-likeness (QED) is 0.590. The second-order valence-corrected chi connectivity index (χ2v) is 4.14. The number of carboxylic acids is 1. The molecule has 20 heavy (non-hydrogen) atoms. The lowest BCUT2D eigenvalue weighted by Crippen LogP contribution is -2.19. The van der Waals surface area contributed by atoms with Crippen LogP contribution in [-0.4, -0.2) is 29.3 Å². The number of nitrogens with zero attached hydrogens (tertiary/aromatic N) is 1. The molecule has 0 aromatic heterocycles. The summed E-state index contributed by atoms with van der Waals surface area (Å²) < 4.78 is 5.28. The van der Waals surface area contributed by atoms with Crippen molar-refractivity contribution in [3.05, 3.63) is 29.8 Å². The normalized spacial score (nSPS) is 11.0. The van der Waals surface area contributed by atoms with Gasteiger partial charge in [-0.2, -0.15) is 5.10 Å². The summed E-state index contributed by atoms with van der Waals surface area (Å²) in [4.78, 5) is 22.2. The van der Waals surface area contributed by atoms with E-state index >= 15 is 0 Å². The van der Waals surface area contributed by atoms with Gasteiger partial charge in [-0.05, 0) is 44.5 Å². The average Bonchev–Trinajstić information content (AvgIpc) is 2.43. The zero-order valence-corrected chi connectivity index (χ0v) is 11.5. The molecule has 6 heteroatoms. The highest BCUT2D eigenvalue weighted by molar-refractivity contribution is 5.95. The summed E-state index contributed by atoms with van der Waals surface area (Å²) in [6, 6.07) is 6.70. The van der Waals surface area contributed by atoms with Gasteiger partial charge in [-0.3, -0.25) is 9.59 Å². The molecule has 0 heterocycles. The summed E-state index contributed by atoms with van der Waals surface area (Å²) >= 11 is 0. The van der Waals surface area contributed by atoms with E-state index in [0.717, 1.165) is 0 Å². The molecule has 0 spiro atoms. The van der Waals surface area contributed by atoms with Gasteiger partial charge in [0, 0.05) is 11.3 Å². The van der Waals surface area contributed by atoms with Crippen molar-refractivity contribution in [2.24, 2.45) is 5.10 Å². The highest BCUT2D eigenvalue weighted by Crippen LogP contribution is 2.11. The van der Waals surface area contributed by atoms with E-state index in [2.05, 4.69) is 10.5 Å². The number of hydrazone groups is 1. The first-order valence-corrected chi connectivity index (χ1v) is 6.31. The SMILES string of the molecule is CCOc1ccc(C(=O)N/N=C(/C)CCC(=O)O)cc1. The Morgan fingerprint density at radius 1 is 1.25 bits per heavy atom. The van der Waals surface area contributed by atoms with Crippen molar-refractivity contribution < 1.29 is 19.4 Å². The van der Waals surface area contributed by atoms with Crippen molar-refractivity contribution in [3.63, 3.8) is 0 Å². The molecular weight excluding hydrogens is 260 g/mol. The van der Waals surface area contributed by atoms with E-state index < -0.39 is 5.97 Å². The Labute approximate surface area is 117 Å². The lowest BCUT2D eigenvalue weighted by molar-refractivity contribution is -0.136. The summed E-state index contributed by atoms with van der Waals surface area (Å²) in [6.07, 6.45) is 0.299. The summed E-state index contributed by atoms with van der Waals surface area (Å²) in [5.41, 5.74) is 3.41. The smallest absolute Gasteiger partial charge is 0.303 e. The minimum absolute atomic E-state index is 0.00570. The molecule has 0 fully saturated rings. The van der Waals surface area contributed by atoms with Crippen molar-refractivity contribution in [2.45, 2.75) is 26.7 Å². The number of aliphatic carboxylic acids is 1. The second-order valence-electron chi connectivity index (χ2n) is 4.14. The Balaban J connectivity index is 2.53. The van der Waals surface area contributed by atoms with Gasteiger partial charge >= 0.3 is 5.97 Å². The van der Waals surface area contributed by atoms with Gasteiger partial charge in [-0.15, -0.1) is 0 Å². The Hall–Kier alpha value is -2.37. The zero-order valence-electron chi connectivity index (χ0n) is 11.5. The van der Waals surface area contributed by atoms with Crippen LogP contribution in [-0.2, 0) is 4.79 Å². The number of carbonyl (C=O) groups excluding carboxylic acids is 1. The first-order chi connectivity index (χ1) is 9.52. The third-order valence-electron chi connectivity index (χ3n) is 2.48. The first kappa shape index (κ1) is 15.7. The molecule has 0 atom stereocenters. The van der Waals surface area contributed by atoms with Crippen LogP contribution in [0.25, 0.3) is 0 Å². The highest BCUT2D eigenvalue weighted by atomic mass is 16.5. The molecule has 1 amide bonds. The van der Waals surface area contributed by atoms with Crippen molar-refractivity contribution >= 4 is 17.6 Å². The van der Waals surface area contributed by atoms with Crippen LogP contribution in [0.1, 0.15) is 37.0 Å². The van der Waals surface area contributed by atoms with E-state index in [4.69, 9.17) is 9.84 Å². The highest BCUT2D eigenvalue weighted by Gasteiger charge is 2.05. The number of carbonyl (C=O) groups is 2. The molecule has 0 radical (unpaired) electrons. The summed E-state index contributed by atoms with van der Waals surface area (Å²) in [7, 11) is 0. The fourth-order valence-electron chi connectivity index (χ4n) is 1.42. The van der Waals surface area contributed by atoms with E-state index in [9.17, 15) is 9.59 Å². The summed E-state index contributed by atoms with van der Waals surface area (Å²) in [5, 5.41) is 12.4. The minimum atomic E-state index is -0.891. The number of benzene rings is 1. The van der Waals surface area contributed by atoms with Crippen LogP contribution in [0, 0.1) is 0 Å². The number of amides is 1. The number of ether oxygens (including phenoxy) is 1. The fourth-order valence-corrected chi connectivity index (χ4v) is 1.42. The van der Waals surface area contributed by atoms with Crippen LogP contribution < -0.4 is 10.2 Å². The van der Waals surface area contributed by atoms with E-state index in [1.54, 1.807) is 31.2 Å². The zero-order chi connectivity index (χ0) is 15.0. The topological polar surface area (TPSA) is 88.0 Å². The first-order valence-electron chi connectivity index (χ1n) is 6.31. The molecule has 2 N–H and O–H groups in total. The molecule has 0 bridgehead atoms. The van der Waals surface area contributed by atoms with Gasteiger partial charge in [0.05, 0.1) is 13.0 Å². The van der Waals surface area contributed by atoms with Gasteiger partial charge in [0.1, 0.15) is 5.75 Å². The van der Waals surface area contributed by atoms with E-state index in [-0.39, 0.29) is 12.3 Å². The third kappa shape index (κ3) is 5.51. The Morgan fingerprint density at radius 2 is 1.90 bits per heavy atom. The largest absolute Gasteiger partial charge is 0.494 e. The number of hydrogen-bond donors (Lipinski definition) is 2. The lowest BCUT2D eigenvalue weighted by Gasteiger charge is -2.04. The summed E-state index contributed by atoms with van der Waals surface area (Å²) in [5.74, 6) is -0.537. The molecule has 1 rings (SSSR count). The third-order valence-corrected chi connectivity index (χ3v) is 2.48. The number of nitrogens with one attached hydrogen (secondary N) is 1. The van der Waals surface area contributed by atoms with Crippen molar-refractivity contribution in [1.29, 1.82) is 0 Å². The molecule has 0 aliphatic rings. The predicted molar refractivity (Wildman–Crippen MR) is 75.1 cm³/mol. The molecule has 0 aliphatic heterocycles. The number of hydrogen-bond acceptors (Lipinski definition) is 4. The van der Waals surface area contributed by atoms with Crippen LogP contribution in [0.15, 0.2) is 29.4 Å². The lowest BCUT2D eigenvalue weighted by atomic mass is 10.2. The number of carboxylic acid groups (broad SMARTS) is 1. The van der Waals surface area contributed by atoms with E-state index in [0.29, 0.717) is 30.1 Å². The van der Waals surface area contributed by atoms with E-state index in [1.807, 2.05) is 6.92 Å². The molecule has 1 aromatic rings. The maximum Gasteiger partial charge on any atom is 0.303 e. The second kappa shape index (κ2) is 7.93. The molecule has 0 aliphatic carbocycles. The van der Waals surface area contributed by atoms with Gasteiger partial charge < -0.3 is 9.84 Å². The van der Waals surface area contributed by atoms with Crippen LogP contribution >= 0.6 is 0 Å². The molecule has 1 aromatic carbocycles. The average molecular weight is 278 g/mol. The monoisotopic (exact) mass is 278 g/mol. The Kier molecular flexibility index (Phi) is 6.22. The van der Waals surface area contributed by atoms with E-state index in [1.165, 1.54) is 0 Å². The predicted octanol–water partition coefficient (Wildman–Crippen LogP) is 2.06. The van der Waals surface area contributed by atoms with Gasteiger partial charge in [-0.1, -0.05) is 0 Å². The molecular formula is C14H18N2O4. The maximum absolute atomic E-state index is 11.8. The standard InChI is InChI=1S/C14H18N2O4/c1-3-20-12-7-5-11(6-8-12)14(19)16-15-10(2)4-9-13(17)18/h5-8H,3-4,9H2,1-2H3,(H,16,19)(H,17,18)/b15-10-. The molecule has 108 valence electrons. The van der Waals surface area contributed by atoms with Gasteiger partial charge in [0.15, 0.2) is 0 Å². The molecule has 6 nitrogen and oxygen atoms in total. The number of rotatable bonds is 7. The van der Waals surface area contributed by atoms with Crippen LogP contribution in [0.3, 0.4) is 0 Å². The summed E-state index contributed by atoms with van der Waals surface area (Å²) in [6.45, 7) is 4.12. The molecule has 0 saturated heterocycles. The van der Waals surface area contributed by atoms with Crippen molar-refractivity contribution in [3.8, 4) is 5.75 Å². The Morgan fingerprint density at radius 3 is 2.45 bits per heavy atom. The van der Waals surface area contributed by atoms with Crippen LogP contribution in [0.4, 0.5) is 0 Å². The van der Waals surface area contributed by atoms with Crippen LogP contribution in [0.5, 0.6) is 5.75 Å². The van der Waals surface area contributed by atoms with Crippen LogP contribution in [0.2, 0.25) is 0 Å². The van der Waals surface area contributed by atoms with Crippen molar-refractivity contribution in [2.75, 3.05) is 6.61 Å². The molecule has 0 saturated carbocycles. The molecule has 0 unspecified atom stereocenters. The van der Waals surface area contributed by atoms with Gasteiger partial charge in [0.25, 0.3) is 5.91 Å². The maximum atomic E-state index is 11.8. The Bertz CT molecular complexity index is 494. The fraction of sp³-hybridized carbons (Fsp3) is 0.357. The van der Waals surface area contributed by atoms with Gasteiger partial charge in [-0.25, -0.2) is 5.43 Å². The minimum Gasteiger partial charge on any atom is -0.494 e. The van der Waals surface area contributed by atoms with Gasteiger partial charge in [0.2, 0.25) is 0 Å².